The number of methoxy groups -OCH3 is 1. The fourth-order valence-electron chi connectivity index (χ4n) is 2.69. The highest BCUT2D eigenvalue weighted by atomic mass is 79.9. The number of amides is 1. The zero-order valence-electron chi connectivity index (χ0n) is 17.8. The minimum Gasteiger partial charge on any atom is -0.493 e. The Balaban J connectivity index is 1.56. The van der Waals surface area contributed by atoms with Gasteiger partial charge >= 0.3 is 5.97 Å². The zero-order chi connectivity index (χ0) is 23.8. The third-order valence-electron chi connectivity index (χ3n) is 4.35. The average Bonchev–Trinajstić information content (AvgIpc) is 2.80. The van der Waals surface area contributed by atoms with Crippen molar-refractivity contribution in [3.8, 4) is 17.2 Å². The molecular formula is C24H20BrClN2O5. The third-order valence-corrected chi connectivity index (χ3v) is 5.27. The van der Waals surface area contributed by atoms with E-state index in [-0.39, 0.29) is 12.4 Å². The Labute approximate surface area is 204 Å². The first-order valence-corrected chi connectivity index (χ1v) is 10.9. The van der Waals surface area contributed by atoms with Crippen LogP contribution >= 0.6 is 27.5 Å². The Morgan fingerprint density at radius 3 is 2.64 bits per heavy atom. The Kier molecular flexibility index (Phi) is 8.46. The van der Waals surface area contributed by atoms with Gasteiger partial charge in [-0.25, -0.2) is 10.2 Å². The van der Waals surface area contributed by atoms with E-state index in [0.29, 0.717) is 27.6 Å². The van der Waals surface area contributed by atoms with Gasteiger partial charge in [0.15, 0.2) is 18.1 Å². The van der Waals surface area contributed by atoms with Gasteiger partial charge in [0.1, 0.15) is 5.75 Å². The molecule has 170 valence electrons. The number of nitrogens with zero attached hydrogens (tertiary/aromatic N) is 1. The van der Waals surface area contributed by atoms with Gasteiger partial charge in [0.05, 0.1) is 18.9 Å². The predicted molar refractivity (Wildman–Crippen MR) is 130 cm³/mol. The molecule has 0 aliphatic rings. The fraction of sp³-hybridized carbons (Fsp3) is 0.125. The van der Waals surface area contributed by atoms with Crippen molar-refractivity contribution in [2.45, 2.75) is 6.92 Å². The highest BCUT2D eigenvalue weighted by Gasteiger charge is 2.13. The van der Waals surface area contributed by atoms with Gasteiger partial charge in [-0.3, -0.25) is 4.79 Å². The molecule has 0 aromatic heterocycles. The molecule has 0 spiro atoms. The Morgan fingerprint density at radius 2 is 1.91 bits per heavy atom. The first kappa shape index (κ1) is 24.3. The quantitative estimate of drug-likeness (QED) is 0.188. The number of ether oxygens (including phenoxy) is 3. The van der Waals surface area contributed by atoms with Crippen LogP contribution in [0.2, 0.25) is 5.02 Å². The number of hydrazone groups is 1. The fourth-order valence-corrected chi connectivity index (χ4v) is 3.21. The number of hydrogen-bond acceptors (Lipinski definition) is 6. The van der Waals surface area contributed by atoms with Crippen molar-refractivity contribution < 1.29 is 23.8 Å². The molecule has 1 N–H and O–H groups in total. The molecule has 0 aliphatic heterocycles. The van der Waals surface area contributed by atoms with Gasteiger partial charge in [-0.2, -0.15) is 5.10 Å². The van der Waals surface area contributed by atoms with E-state index < -0.39 is 11.9 Å². The van der Waals surface area contributed by atoms with E-state index in [1.165, 1.54) is 13.3 Å². The number of carbonyl (C=O) groups is 2. The maximum absolute atomic E-state index is 12.4. The van der Waals surface area contributed by atoms with Crippen LogP contribution in [0.25, 0.3) is 0 Å². The van der Waals surface area contributed by atoms with Crippen LogP contribution in [0.3, 0.4) is 0 Å². The maximum Gasteiger partial charge on any atom is 0.343 e. The van der Waals surface area contributed by atoms with Crippen LogP contribution in [0, 0.1) is 6.92 Å². The van der Waals surface area contributed by atoms with Crippen molar-refractivity contribution in [2.75, 3.05) is 13.7 Å². The maximum atomic E-state index is 12.4. The molecule has 0 saturated heterocycles. The number of hydrogen-bond donors (Lipinski definition) is 1. The molecular weight excluding hydrogens is 512 g/mol. The molecule has 0 aliphatic carbocycles. The number of aryl methyl sites for hydroxylation is 1. The molecule has 9 heteroatoms. The van der Waals surface area contributed by atoms with E-state index in [1.54, 1.807) is 54.6 Å². The number of nitrogens with one attached hydrogen (secondary N) is 1. The second-order valence-electron chi connectivity index (χ2n) is 6.80. The lowest BCUT2D eigenvalue weighted by Crippen LogP contribution is -2.24. The molecule has 3 aromatic rings. The van der Waals surface area contributed by atoms with Gasteiger partial charge < -0.3 is 14.2 Å². The monoisotopic (exact) mass is 530 g/mol. The smallest absolute Gasteiger partial charge is 0.343 e. The molecule has 1 amide bonds. The molecule has 33 heavy (non-hydrogen) atoms. The van der Waals surface area contributed by atoms with Gasteiger partial charge in [-0.05, 0) is 72.6 Å². The van der Waals surface area contributed by atoms with E-state index in [4.69, 9.17) is 25.8 Å². The summed E-state index contributed by atoms with van der Waals surface area (Å²) in [6.07, 6.45) is 1.44. The van der Waals surface area contributed by atoms with Gasteiger partial charge in [-0.1, -0.05) is 33.6 Å². The number of benzene rings is 3. The van der Waals surface area contributed by atoms with Gasteiger partial charge in [-0.15, -0.1) is 0 Å². The number of esters is 1. The Morgan fingerprint density at radius 1 is 1.09 bits per heavy atom. The molecule has 7 nitrogen and oxygen atoms in total. The van der Waals surface area contributed by atoms with Crippen molar-refractivity contribution in [2.24, 2.45) is 5.10 Å². The summed E-state index contributed by atoms with van der Waals surface area (Å²) < 4.78 is 16.9. The molecule has 0 heterocycles. The van der Waals surface area contributed by atoms with Crippen LogP contribution in [0.1, 0.15) is 21.5 Å². The third kappa shape index (κ3) is 7.06. The van der Waals surface area contributed by atoms with E-state index in [2.05, 4.69) is 26.5 Å². The van der Waals surface area contributed by atoms with Crippen LogP contribution in [0.5, 0.6) is 17.2 Å². The lowest BCUT2D eigenvalue weighted by molar-refractivity contribution is -0.123. The summed E-state index contributed by atoms with van der Waals surface area (Å²) in [4.78, 5) is 24.3. The molecule has 0 bridgehead atoms. The van der Waals surface area contributed by atoms with Crippen molar-refractivity contribution in [3.63, 3.8) is 0 Å². The minimum atomic E-state index is -0.515. The van der Waals surface area contributed by atoms with Crippen molar-refractivity contribution in [3.05, 3.63) is 86.8 Å². The van der Waals surface area contributed by atoms with Gasteiger partial charge in [0, 0.05) is 9.50 Å². The number of rotatable bonds is 8. The molecule has 3 aromatic carbocycles. The minimum absolute atomic E-state index is 0.202. The summed E-state index contributed by atoms with van der Waals surface area (Å²) in [5, 5.41) is 4.54. The second kappa shape index (κ2) is 11.5. The van der Waals surface area contributed by atoms with Crippen molar-refractivity contribution in [1.82, 2.24) is 5.43 Å². The van der Waals surface area contributed by atoms with Crippen LogP contribution in [-0.2, 0) is 4.79 Å². The van der Waals surface area contributed by atoms with Crippen LogP contribution in [0.4, 0.5) is 0 Å². The normalized spacial score (nSPS) is 10.7. The Hall–Kier alpha value is -3.36. The standard InChI is InChI=1S/C24H20BrClN2O5/c1-15-10-19(7-8-20(15)26)32-14-23(29)28-27-13-16-6-9-21(22(11-16)31-2)33-24(30)17-4-3-5-18(25)12-17/h3-13H,14H2,1-2H3,(H,28,29)/b27-13+. The molecule has 0 unspecified atom stereocenters. The first-order chi connectivity index (χ1) is 15.9. The second-order valence-corrected chi connectivity index (χ2v) is 8.13. The van der Waals surface area contributed by atoms with E-state index in [1.807, 2.05) is 13.0 Å². The van der Waals surface area contributed by atoms with E-state index in [9.17, 15) is 9.59 Å². The molecule has 0 atom stereocenters. The summed E-state index contributed by atoms with van der Waals surface area (Å²) in [5.74, 6) is 0.198. The molecule has 0 radical (unpaired) electrons. The first-order valence-electron chi connectivity index (χ1n) is 9.72. The lowest BCUT2D eigenvalue weighted by atomic mass is 10.2. The largest absolute Gasteiger partial charge is 0.493 e. The molecule has 0 saturated carbocycles. The lowest BCUT2D eigenvalue weighted by Gasteiger charge is -2.10. The summed E-state index contributed by atoms with van der Waals surface area (Å²) >= 11 is 9.30. The Bertz CT molecular complexity index is 1200. The number of halogens is 2. The SMILES string of the molecule is COc1cc(/C=N/NC(=O)COc2ccc(Cl)c(C)c2)ccc1OC(=O)c1cccc(Br)c1. The highest BCUT2D eigenvalue weighted by molar-refractivity contribution is 9.10. The van der Waals surface area contributed by atoms with Crippen molar-refractivity contribution in [1.29, 1.82) is 0 Å². The topological polar surface area (TPSA) is 86.2 Å². The zero-order valence-corrected chi connectivity index (χ0v) is 20.1. The highest BCUT2D eigenvalue weighted by Crippen LogP contribution is 2.28. The van der Waals surface area contributed by atoms with Gasteiger partial charge in [0.2, 0.25) is 0 Å². The van der Waals surface area contributed by atoms with Crippen molar-refractivity contribution >= 4 is 45.6 Å². The summed E-state index contributed by atoms with van der Waals surface area (Å²) in [7, 11) is 1.46. The average molecular weight is 532 g/mol. The molecule has 0 fully saturated rings. The van der Waals surface area contributed by atoms with Crippen LogP contribution in [-0.4, -0.2) is 31.8 Å². The van der Waals surface area contributed by atoms with E-state index in [0.717, 1.165) is 10.0 Å². The molecule has 3 rings (SSSR count). The predicted octanol–water partition coefficient (Wildman–Crippen LogP) is 5.17. The van der Waals surface area contributed by atoms with E-state index >= 15 is 0 Å². The summed E-state index contributed by atoms with van der Waals surface area (Å²) in [5.41, 5.74) is 4.27. The summed E-state index contributed by atoms with van der Waals surface area (Å²) in [6, 6.07) is 16.9. The number of carbonyl (C=O) groups excluding carboxylic acids is 2. The van der Waals surface area contributed by atoms with Crippen LogP contribution < -0.4 is 19.6 Å². The summed E-state index contributed by atoms with van der Waals surface area (Å²) in [6.45, 7) is 1.65. The van der Waals surface area contributed by atoms with Crippen LogP contribution in [0.15, 0.2) is 70.2 Å². The van der Waals surface area contributed by atoms with Gasteiger partial charge in [0.25, 0.3) is 5.91 Å².